The molecule has 1 aliphatic rings. The Morgan fingerprint density at radius 3 is 2.06 bits per heavy atom. The van der Waals surface area contributed by atoms with E-state index in [1.807, 2.05) is 0 Å². The number of benzene rings is 1. The predicted molar refractivity (Wildman–Crippen MR) is 119 cm³/mol. The molecule has 1 aromatic carbocycles. The lowest BCUT2D eigenvalue weighted by atomic mass is 9.96. The molecule has 1 aromatic rings. The van der Waals surface area contributed by atoms with E-state index in [1.165, 1.54) is 46.3 Å². The summed E-state index contributed by atoms with van der Waals surface area (Å²) in [7, 11) is 2.57. The zero-order valence-corrected chi connectivity index (χ0v) is 20.7. The van der Waals surface area contributed by atoms with E-state index in [-0.39, 0.29) is 23.7 Å². The molecular weight excluding hydrogens is 482 g/mol. The Morgan fingerprint density at radius 2 is 1.53 bits per heavy atom. The molecule has 1 aliphatic heterocycles. The highest BCUT2D eigenvalue weighted by atomic mass is 16.7. The van der Waals surface area contributed by atoms with Gasteiger partial charge in [0.15, 0.2) is 23.7 Å². The fourth-order valence-electron chi connectivity index (χ4n) is 3.53. The zero-order valence-electron chi connectivity index (χ0n) is 20.7. The van der Waals surface area contributed by atoms with E-state index in [2.05, 4.69) is 5.32 Å². The minimum absolute atomic E-state index is 0.101. The Bertz CT molecular complexity index is 993. The summed E-state index contributed by atoms with van der Waals surface area (Å²) in [6.45, 7) is 4.29. The Labute approximate surface area is 207 Å². The second kappa shape index (κ2) is 12.7. The van der Waals surface area contributed by atoms with Crippen LogP contribution in [0.1, 0.15) is 38.1 Å². The summed E-state index contributed by atoms with van der Waals surface area (Å²) in [5, 5.41) is 2.59. The van der Waals surface area contributed by atoms with Gasteiger partial charge < -0.3 is 38.5 Å². The minimum atomic E-state index is -1.34. The molecule has 13 nitrogen and oxygen atoms in total. The van der Waals surface area contributed by atoms with Gasteiger partial charge in [0.1, 0.15) is 18.8 Å². The van der Waals surface area contributed by atoms with E-state index >= 15 is 0 Å². The van der Waals surface area contributed by atoms with E-state index in [0.717, 1.165) is 13.8 Å². The number of ether oxygens (including phenoxy) is 7. The summed E-state index contributed by atoms with van der Waals surface area (Å²) >= 11 is 0. The summed E-state index contributed by atoms with van der Waals surface area (Å²) in [6, 6.07) is 3.04. The number of carbonyl (C=O) groups excluding carboxylic acids is 5. The van der Waals surface area contributed by atoms with Gasteiger partial charge in [0, 0.05) is 27.7 Å². The maximum Gasteiger partial charge on any atom is 0.337 e. The molecule has 0 unspecified atom stereocenters. The van der Waals surface area contributed by atoms with Crippen LogP contribution in [0, 0.1) is 0 Å². The van der Waals surface area contributed by atoms with Gasteiger partial charge in [0.05, 0.1) is 19.8 Å². The van der Waals surface area contributed by atoms with E-state index in [9.17, 15) is 24.0 Å². The standard InChI is InChI=1S/C23H29NO12/c1-11(25)24-19-21(34-14(4)28)20(33-13(3)27)18(10-32-12(2)26)36-23(19)35-16-8-7-15(22(29)31-6)9-17(16)30-5/h7-9,18-21,23H,10H2,1-6H3,(H,24,25)/t18-,19+,20+,21-,23-/m1/s1. The third-order valence-electron chi connectivity index (χ3n) is 4.90. The quantitative estimate of drug-likeness (QED) is 0.362. The third kappa shape index (κ3) is 7.57. The van der Waals surface area contributed by atoms with Crippen molar-refractivity contribution in [1.29, 1.82) is 0 Å². The minimum Gasteiger partial charge on any atom is -0.493 e. The fourth-order valence-corrected chi connectivity index (χ4v) is 3.53. The summed E-state index contributed by atoms with van der Waals surface area (Å²) in [5.74, 6) is -3.00. The van der Waals surface area contributed by atoms with Crippen molar-refractivity contribution in [2.45, 2.75) is 58.3 Å². The lowest BCUT2D eigenvalue weighted by Gasteiger charge is -2.44. The number of nitrogens with one attached hydrogen (secondary N) is 1. The molecule has 5 atom stereocenters. The van der Waals surface area contributed by atoms with E-state index < -0.39 is 60.4 Å². The first-order valence-corrected chi connectivity index (χ1v) is 10.8. The Kier molecular flexibility index (Phi) is 10.0. The molecule has 1 saturated heterocycles. The van der Waals surface area contributed by atoms with Gasteiger partial charge in [-0.05, 0) is 18.2 Å². The monoisotopic (exact) mass is 511 g/mol. The number of carbonyl (C=O) groups is 5. The SMILES string of the molecule is COC(=O)c1ccc(O[C@@H]2O[C@H](COC(C)=O)[C@H](OC(C)=O)[C@H](OC(C)=O)[C@@H]2NC(C)=O)c(OC)c1. The van der Waals surface area contributed by atoms with Crippen LogP contribution in [0.25, 0.3) is 0 Å². The number of amides is 1. The van der Waals surface area contributed by atoms with Crippen LogP contribution in [-0.4, -0.2) is 81.3 Å². The van der Waals surface area contributed by atoms with Gasteiger partial charge in [-0.1, -0.05) is 0 Å². The molecule has 13 heteroatoms. The molecule has 1 heterocycles. The Hall–Kier alpha value is -3.87. The number of hydrogen-bond acceptors (Lipinski definition) is 12. The maximum atomic E-state index is 12.0. The van der Waals surface area contributed by atoms with Crippen LogP contribution in [0.5, 0.6) is 11.5 Å². The molecule has 0 spiro atoms. The molecule has 1 fully saturated rings. The summed E-state index contributed by atoms with van der Waals surface area (Å²) in [4.78, 5) is 59.1. The average Bonchev–Trinajstić information content (AvgIpc) is 2.80. The number of rotatable bonds is 9. The highest BCUT2D eigenvalue weighted by Gasteiger charge is 2.52. The zero-order chi connectivity index (χ0) is 27.0. The number of esters is 4. The highest BCUT2D eigenvalue weighted by Crippen LogP contribution is 2.34. The summed E-state index contributed by atoms with van der Waals surface area (Å²) in [5.41, 5.74) is 0.185. The first-order chi connectivity index (χ1) is 17.0. The van der Waals surface area contributed by atoms with Gasteiger partial charge in [0.25, 0.3) is 0 Å². The van der Waals surface area contributed by atoms with Gasteiger partial charge in [0.2, 0.25) is 12.2 Å². The number of hydrogen-bond donors (Lipinski definition) is 1. The highest BCUT2D eigenvalue weighted by molar-refractivity contribution is 5.90. The molecule has 0 bridgehead atoms. The Balaban J connectivity index is 2.52. The van der Waals surface area contributed by atoms with Gasteiger partial charge in [-0.25, -0.2) is 4.79 Å². The van der Waals surface area contributed by atoms with Crippen LogP contribution in [0.15, 0.2) is 18.2 Å². The second-order valence-corrected chi connectivity index (χ2v) is 7.69. The summed E-state index contributed by atoms with van der Waals surface area (Å²) < 4.78 is 37.7. The fraction of sp³-hybridized carbons (Fsp3) is 0.522. The molecule has 1 N–H and O–H groups in total. The molecule has 1 amide bonds. The predicted octanol–water partition coefficient (Wildman–Crippen LogP) is 0.517. The van der Waals surface area contributed by atoms with Crippen LogP contribution in [0.4, 0.5) is 0 Å². The topological polar surface area (TPSA) is 162 Å². The van der Waals surface area contributed by atoms with Crippen molar-refractivity contribution in [3.8, 4) is 11.5 Å². The van der Waals surface area contributed by atoms with Gasteiger partial charge in [-0.15, -0.1) is 0 Å². The largest absolute Gasteiger partial charge is 0.493 e. The maximum absolute atomic E-state index is 12.0. The lowest BCUT2D eigenvalue weighted by molar-refractivity contribution is -0.257. The lowest BCUT2D eigenvalue weighted by Crippen LogP contribution is -2.67. The van der Waals surface area contributed by atoms with Crippen molar-refractivity contribution in [2.24, 2.45) is 0 Å². The van der Waals surface area contributed by atoms with Gasteiger partial charge in [-0.3, -0.25) is 19.2 Å². The molecule has 0 saturated carbocycles. The van der Waals surface area contributed by atoms with Crippen LogP contribution >= 0.6 is 0 Å². The molecule has 36 heavy (non-hydrogen) atoms. The van der Waals surface area contributed by atoms with Gasteiger partial charge >= 0.3 is 23.9 Å². The van der Waals surface area contributed by atoms with Gasteiger partial charge in [-0.2, -0.15) is 0 Å². The van der Waals surface area contributed by atoms with Crippen molar-refractivity contribution in [3.05, 3.63) is 23.8 Å². The van der Waals surface area contributed by atoms with Crippen LogP contribution in [0.3, 0.4) is 0 Å². The van der Waals surface area contributed by atoms with Crippen molar-refractivity contribution in [2.75, 3.05) is 20.8 Å². The van der Waals surface area contributed by atoms with Crippen molar-refractivity contribution < 1.29 is 57.1 Å². The van der Waals surface area contributed by atoms with Crippen LogP contribution in [0.2, 0.25) is 0 Å². The van der Waals surface area contributed by atoms with E-state index in [1.54, 1.807) is 0 Å². The molecule has 0 aromatic heterocycles. The summed E-state index contributed by atoms with van der Waals surface area (Å²) in [6.07, 6.45) is -5.03. The van der Waals surface area contributed by atoms with Crippen molar-refractivity contribution in [1.82, 2.24) is 5.32 Å². The van der Waals surface area contributed by atoms with Crippen molar-refractivity contribution in [3.63, 3.8) is 0 Å². The number of methoxy groups -OCH3 is 2. The first kappa shape index (κ1) is 28.4. The first-order valence-electron chi connectivity index (χ1n) is 10.8. The molecule has 2 rings (SSSR count). The van der Waals surface area contributed by atoms with Crippen molar-refractivity contribution >= 4 is 29.8 Å². The van der Waals surface area contributed by atoms with E-state index in [4.69, 9.17) is 33.2 Å². The third-order valence-corrected chi connectivity index (χ3v) is 4.90. The van der Waals surface area contributed by atoms with E-state index in [0.29, 0.717) is 0 Å². The van der Waals surface area contributed by atoms with Crippen LogP contribution in [-0.2, 0) is 42.9 Å². The van der Waals surface area contributed by atoms with Crippen LogP contribution < -0.4 is 14.8 Å². The second-order valence-electron chi connectivity index (χ2n) is 7.69. The molecular formula is C23H29NO12. The molecule has 198 valence electrons. The molecule has 0 radical (unpaired) electrons. The Morgan fingerprint density at radius 1 is 0.889 bits per heavy atom. The normalized spacial score (nSPS) is 23.0. The average molecular weight is 511 g/mol. The molecule has 0 aliphatic carbocycles. The smallest absolute Gasteiger partial charge is 0.337 e.